The molecule has 0 aromatic carbocycles. The summed E-state index contributed by atoms with van der Waals surface area (Å²) in [5, 5.41) is 9.73. The predicted molar refractivity (Wildman–Crippen MR) is 54.6 cm³/mol. The molecule has 0 rings (SSSR count). The van der Waals surface area contributed by atoms with Crippen molar-refractivity contribution in [2.24, 2.45) is 11.3 Å². The Kier molecular flexibility index (Phi) is 3.71. The first-order valence-corrected chi connectivity index (χ1v) is 4.62. The maximum atomic E-state index is 11.7. The Morgan fingerprint density at radius 3 is 1.85 bits per heavy atom. The Balaban J connectivity index is 4.98. The number of Topliss-reactive ketones (excluding diaryl/α,β-unsaturated/α-hetero) is 1. The fourth-order valence-electron chi connectivity index (χ4n) is 1.46. The zero-order chi connectivity index (χ0) is 10.8. The fourth-order valence-corrected chi connectivity index (χ4v) is 1.46. The third kappa shape index (κ3) is 2.58. The lowest BCUT2D eigenvalue weighted by atomic mass is 9.79. The zero-order valence-electron chi connectivity index (χ0n) is 9.43. The molecule has 13 heavy (non-hydrogen) atoms. The van der Waals surface area contributed by atoms with Gasteiger partial charge in [0.2, 0.25) is 0 Å². The van der Waals surface area contributed by atoms with E-state index < -0.39 is 5.41 Å². The molecule has 0 heterocycles. The zero-order valence-corrected chi connectivity index (χ0v) is 9.43. The molecule has 0 unspecified atom stereocenters. The number of carbonyl (C=O) groups is 1. The van der Waals surface area contributed by atoms with Crippen LogP contribution in [0.3, 0.4) is 0 Å². The third-order valence-electron chi connectivity index (χ3n) is 2.21. The molecule has 0 aliphatic rings. The molecule has 0 bridgehead atoms. The van der Waals surface area contributed by atoms with Crippen LogP contribution in [0, 0.1) is 11.3 Å². The molecule has 0 aliphatic heterocycles. The number of ketones is 1. The number of rotatable bonds is 3. The quantitative estimate of drug-likeness (QED) is 0.684. The summed E-state index contributed by atoms with van der Waals surface area (Å²) in [6.45, 7) is 10.8. The van der Waals surface area contributed by atoms with Crippen molar-refractivity contribution in [3.63, 3.8) is 0 Å². The van der Waals surface area contributed by atoms with Crippen molar-refractivity contribution in [1.29, 1.82) is 0 Å². The summed E-state index contributed by atoms with van der Waals surface area (Å²) in [5.41, 5.74) is 0.0616. The van der Waals surface area contributed by atoms with Crippen LogP contribution in [-0.2, 0) is 4.79 Å². The van der Waals surface area contributed by atoms with Crippen LogP contribution in [0.25, 0.3) is 0 Å². The van der Waals surface area contributed by atoms with E-state index in [-0.39, 0.29) is 17.5 Å². The van der Waals surface area contributed by atoms with Gasteiger partial charge in [-0.25, -0.2) is 0 Å². The molecule has 0 amide bonds. The van der Waals surface area contributed by atoms with E-state index in [1.807, 2.05) is 27.7 Å². The summed E-state index contributed by atoms with van der Waals surface area (Å²) < 4.78 is 0. The molecule has 0 aliphatic carbocycles. The lowest BCUT2D eigenvalue weighted by Gasteiger charge is -2.25. The van der Waals surface area contributed by atoms with Crippen LogP contribution in [0.5, 0.6) is 0 Å². The van der Waals surface area contributed by atoms with Crippen LogP contribution in [0.4, 0.5) is 0 Å². The Hall–Kier alpha value is -0.790. The summed E-state index contributed by atoms with van der Waals surface area (Å²) in [6, 6.07) is 0. The van der Waals surface area contributed by atoms with Crippen LogP contribution in [0.2, 0.25) is 0 Å². The number of aliphatic hydroxyl groups excluding tert-OH is 1. The van der Waals surface area contributed by atoms with Crippen molar-refractivity contribution >= 4 is 5.78 Å². The van der Waals surface area contributed by atoms with E-state index in [0.717, 1.165) is 5.57 Å². The normalized spacial score (nSPS) is 11.6. The molecule has 0 saturated carbocycles. The maximum absolute atomic E-state index is 11.7. The van der Waals surface area contributed by atoms with Gasteiger partial charge in [0.05, 0.1) is 5.41 Å². The van der Waals surface area contributed by atoms with Gasteiger partial charge in [-0.3, -0.25) is 4.79 Å². The average molecular weight is 184 g/mol. The molecule has 1 N–H and O–H groups in total. The average Bonchev–Trinajstić information content (AvgIpc) is 2.01. The van der Waals surface area contributed by atoms with Gasteiger partial charge in [-0.05, 0) is 33.3 Å². The molecule has 2 nitrogen and oxygen atoms in total. The van der Waals surface area contributed by atoms with Crippen LogP contribution >= 0.6 is 0 Å². The smallest absolute Gasteiger partial charge is 0.148 e. The number of hydrogen-bond acceptors (Lipinski definition) is 2. The molecule has 0 spiro atoms. The molecule has 76 valence electrons. The second-order valence-corrected chi connectivity index (χ2v) is 4.49. The first kappa shape index (κ1) is 12.2. The van der Waals surface area contributed by atoms with Gasteiger partial charge in [0.1, 0.15) is 11.5 Å². The number of aliphatic hydroxyl groups is 1. The predicted octanol–water partition coefficient (Wildman–Crippen LogP) is 3.09. The van der Waals surface area contributed by atoms with Crippen LogP contribution < -0.4 is 0 Å². The fraction of sp³-hybridized carbons (Fsp3) is 0.727. The molecule has 0 atom stereocenters. The molecule has 2 heteroatoms. The number of carbonyl (C=O) groups excluding carboxylic acids is 1. The van der Waals surface area contributed by atoms with Gasteiger partial charge in [-0.2, -0.15) is 0 Å². The van der Waals surface area contributed by atoms with E-state index in [0.29, 0.717) is 0 Å². The summed E-state index contributed by atoms with van der Waals surface area (Å²) in [6.07, 6.45) is 0. The van der Waals surface area contributed by atoms with Gasteiger partial charge in [0.15, 0.2) is 0 Å². The number of hydrogen-bond donors (Lipinski definition) is 1. The standard InChI is InChI=1S/C11H20O2/c1-7(2)9(12)11(5,6)10(13)8(3)4/h7,13H,1-6H3. The highest BCUT2D eigenvalue weighted by Crippen LogP contribution is 2.30. The monoisotopic (exact) mass is 184 g/mol. The summed E-state index contributed by atoms with van der Waals surface area (Å²) in [7, 11) is 0. The highest BCUT2D eigenvalue weighted by atomic mass is 16.3. The van der Waals surface area contributed by atoms with E-state index in [9.17, 15) is 9.90 Å². The van der Waals surface area contributed by atoms with E-state index >= 15 is 0 Å². The summed E-state index contributed by atoms with van der Waals surface area (Å²) in [5.74, 6) is 0.230. The Morgan fingerprint density at radius 1 is 1.23 bits per heavy atom. The van der Waals surface area contributed by atoms with Crippen LogP contribution in [-0.4, -0.2) is 10.9 Å². The van der Waals surface area contributed by atoms with Crippen LogP contribution in [0.15, 0.2) is 11.3 Å². The Morgan fingerprint density at radius 2 is 1.62 bits per heavy atom. The second kappa shape index (κ2) is 3.95. The summed E-state index contributed by atoms with van der Waals surface area (Å²) >= 11 is 0. The third-order valence-corrected chi connectivity index (χ3v) is 2.21. The largest absolute Gasteiger partial charge is 0.511 e. The van der Waals surface area contributed by atoms with Gasteiger partial charge in [-0.1, -0.05) is 13.8 Å². The highest BCUT2D eigenvalue weighted by molar-refractivity contribution is 5.88. The van der Waals surface area contributed by atoms with E-state index in [1.54, 1.807) is 13.8 Å². The lowest BCUT2D eigenvalue weighted by molar-refractivity contribution is -0.129. The van der Waals surface area contributed by atoms with E-state index in [2.05, 4.69) is 0 Å². The maximum Gasteiger partial charge on any atom is 0.148 e. The van der Waals surface area contributed by atoms with E-state index in [4.69, 9.17) is 0 Å². The minimum atomic E-state index is -0.743. The lowest BCUT2D eigenvalue weighted by Crippen LogP contribution is -2.31. The van der Waals surface area contributed by atoms with Gasteiger partial charge in [0, 0.05) is 5.92 Å². The van der Waals surface area contributed by atoms with Crippen molar-refractivity contribution in [2.75, 3.05) is 0 Å². The number of allylic oxidation sites excluding steroid dienone is 2. The van der Waals surface area contributed by atoms with Gasteiger partial charge < -0.3 is 5.11 Å². The van der Waals surface area contributed by atoms with E-state index in [1.165, 1.54) is 0 Å². The highest BCUT2D eigenvalue weighted by Gasteiger charge is 2.34. The first-order chi connectivity index (χ1) is 5.71. The van der Waals surface area contributed by atoms with Crippen molar-refractivity contribution in [2.45, 2.75) is 41.5 Å². The summed E-state index contributed by atoms with van der Waals surface area (Å²) in [4.78, 5) is 11.7. The van der Waals surface area contributed by atoms with Gasteiger partial charge in [-0.15, -0.1) is 0 Å². The van der Waals surface area contributed by atoms with Gasteiger partial charge >= 0.3 is 0 Å². The molecule has 0 saturated heterocycles. The minimum absolute atomic E-state index is 0.0449. The van der Waals surface area contributed by atoms with Crippen molar-refractivity contribution in [3.8, 4) is 0 Å². The minimum Gasteiger partial charge on any atom is -0.511 e. The Bertz CT molecular complexity index is 230. The Labute approximate surface area is 80.7 Å². The molecular weight excluding hydrogens is 164 g/mol. The first-order valence-electron chi connectivity index (χ1n) is 4.62. The molecule has 0 radical (unpaired) electrons. The van der Waals surface area contributed by atoms with Crippen molar-refractivity contribution in [1.82, 2.24) is 0 Å². The molecule has 0 fully saturated rings. The molecular formula is C11H20O2. The molecule has 0 aromatic heterocycles. The molecule has 0 aromatic rings. The van der Waals surface area contributed by atoms with Crippen LogP contribution in [0.1, 0.15) is 41.5 Å². The SMILES string of the molecule is CC(C)=C(O)C(C)(C)C(=O)C(C)C. The second-order valence-electron chi connectivity index (χ2n) is 4.49. The van der Waals surface area contributed by atoms with Crippen molar-refractivity contribution in [3.05, 3.63) is 11.3 Å². The van der Waals surface area contributed by atoms with Gasteiger partial charge in [0.25, 0.3) is 0 Å². The topological polar surface area (TPSA) is 37.3 Å². The van der Waals surface area contributed by atoms with Crippen molar-refractivity contribution < 1.29 is 9.90 Å².